The van der Waals surface area contributed by atoms with E-state index in [1.807, 2.05) is 5.32 Å². The molecule has 0 spiro atoms. The molecule has 7 nitrogen and oxygen atoms in total. The standard InChI is InChI=1S/C10H11BrN2O5S/c11-7-1-3-8(4-2-7)19(17,18)13-5-9(14)12-6-10(15)16/h1-4,13H,5-6H2,(H,12,14)(H,15,16). The van der Waals surface area contributed by atoms with Gasteiger partial charge in [-0.2, -0.15) is 0 Å². The number of carboxylic acid groups (broad SMARTS) is 1. The van der Waals surface area contributed by atoms with E-state index < -0.39 is 35.0 Å². The number of sulfonamides is 1. The molecule has 0 radical (unpaired) electrons. The average Bonchev–Trinajstić information content (AvgIpc) is 2.34. The molecule has 0 aliphatic heterocycles. The maximum Gasteiger partial charge on any atom is 0.322 e. The average molecular weight is 351 g/mol. The van der Waals surface area contributed by atoms with E-state index in [0.717, 1.165) is 4.47 Å². The smallest absolute Gasteiger partial charge is 0.322 e. The molecular weight excluding hydrogens is 340 g/mol. The Hall–Kier alpha value is -1.45. The summed E-state index contributed by atoms with van der Waals surface area (Å²) < 4.78 is 26.3. The molecule has 0 aliphatic carbocycles. The van der Waals surface area contributed by atoms with E-state index in [1.54, 1.807) is 12.1 Å². The molecule has 104 valence electrons. The summed E-state index contributed by atoms with van der Waals surface area (Å²) in [7, 11) is -3.79. The minimum atomic E-state index is -3.79. The van der Waals surface area contributed by atoms with Crippen LogP contribution >= 0.6 is 15.9 Å². The Kier molecular flexibility index (Phi) is 5.45. The van der Waals surface area contributed by atoms with Crippen LogP contribution in [0, 0.1) is 0 Å². The van der Waals surface area contributed by atoms with Crippen LogP contribution in [0.2, 0.25) is 0 Å². The van der Waals surface area contributed by atoms with Gasteiger partial charge in [0.05, 0.1) is 11.4 Å². The molecule has 1 aromatic carbocycles. The third-order valence-electron chi connectivity index (χ3n) is 1.98. The zero-order valence-electron chi connectivity index (χ0n) is 9.59. The van der Waals surface area contributed by atoms with Gasteiger partial charge in [0.25, 0.3) is 0 Å². The fraction of sp³-hybridized carbons (Fsp3) is 0.200. The van der Waals surface area contributed by atoms with Gasteiger partial charge in [0.2, 0.25) is 15.9 Å². The molecule has 1 amide bonds. The first-order valence-corrected chi connectivity index (χ1v) is 7.32. The van der Waals surface area contributed by atoms with Crippen LogP contribution in [-0.2, 0) is 19.6 Å². The van der Waals surface area contributed by atoms with E-state index in [4.69, 9.17) is 5.11 Å². The molecule has 0 unspecified atom stereocenters. The predicted molar refractivity (Wildman–Crippen MR) is 70.0 cm³/mol. The van der Waals surface area contributed by atoms with Crippen LogP contribution in [0.5, 0.6) is 0 Å². The van der Waals surface area contributed by atoms with Crippen molar-refractivity contribution in [2.75, 3.05) is 13.1 Å². The van der Waals surface area contributed by atoms with E-state index in [9.17, 15) is 18.0 Å². The number of hydrogen-bond acceptors (Lipinski definition) is 4. The Morgan fingerprint density at radius 2 is 1.74 bits per heavy atom. The van der Waals surface area contributed by atoms with Gasteiger partial charge in [-0.05, 0) is 24.3 Å². The van der Waals surface area contributed by atoms with E-state index in [2.05, 4.69) is 20.7 Å². The van der Waals surface area contributed by atoms with Crippen molar-refractivity contribution in [3.05, 3.63) is 28.7 Å². The Labute approximate surface area is 118 Å². The van der Waals surface area contributed by atoms with E-state index in [-0.39, 0.29) is 4.90 Å². The van der Waals surface area contributed by atoms with E-state index in [1.165, 1.54) is 12.1 Å². The lowest BCUT2D eigenvalue weighted by Gasteiger charge is -2.06. The molecule has 0 saturated carbocycles. The van der Waals surface area contributed by atoms with Crippen LogP contribution < -0.4 is 10.0 Å². The SMILES string of the molecule is O=C(O)CNC(=O)CNS(=O)(=O)c1ccc(Br)cc1. The molecule has 0 fully saturated rings. The van der Waals surface area contributed by atoms with E-state index >= 15 is 0 Å². The highest BCUT2D eigenvalue weighted by molar-refractivity contribution is 9.10. The minimum Gasteiger partial charge on any atom is -0.480 e. The van der Waals surface area contributed by atoms with Crippen molar-refractivity contribution in [1.29, 1.82) is 0 Å². The first-order valence-electron chi connectivity index (χ1n) is 5.05. The van der Waals surface area contributed by atoms with Crippen LogP contribution in [0.4, 0.5) is 0 Å². The molecule has 0 saturated heterocycles. The summed E-state index contributed by atoms with van der Waals surface area (Å²) in [5, 5.41) is 10.4. The van der Waals surface area contributed by atoms with Crippen molar-refractivity contribution in [3.63, 3.8) is 0 Å². The molecule has 19 heavy (non-hydrogen) atoms. The molecule has 1 aromatic rings. The van der Waals surface area contributed by atoms with Crippen LogP contribution in [0.1, 0.15) is 0 Å². The van der Waals surface area contributed by atoms with Crippen LogP contribution in [0.15, 0.2) is 33.6 Å². The molecule has 0 atom stereocenters. The van der Waals surface area contributed by atoms with Crippen molar-refractivity contribution >= 4 is 37.8 Å². The van der Waals surface area contributed by atoms with Gasteiger partial charge < -0.3 is 10.4 Å². The van der Waals surface area contributed by atoms with Crippen molar-refractivity contribution in [2.45, 2.75) is 4.90 Å². The second kappa shape index (κ2) is 6.64. The number of aliphatic carboxylic acids is 1. The zero-order valence-corrected chi connectivity index (χ0v) is 12.0. The summed E-state index contributed by atoms with van der Waals surface area (Å²) in [6.45, 7) is -1.08. The molecule has 9 heteroatoms. The summed E-state index contributed by atoms with van der Waals surface area (Å²) in [4.78, 5) is 21.4. The Balaban J connectivity index is 2.58. The first-order chi connectivity index (χ1) is 8.81. The van der Waals surface area contributed by atoms with Crippen molar-refractivity contribution in [2.24, 2.45) is 0 Å². The molecule has 3 N–H and O–H groups in total. The highest BCUT2D eigenvalue weighted by atomic mass is 79.9. The number of nitrogens with one attached hydrogen (secondary N) is 2. The summed E-state index contributed by atoms with van der Waals surface area (Å²) >= 11 is 3.17. The molecule has 0 aliphatic rings. The summed E-state index contributed by atoms with van der Waals surface area (Å²) in [5.41, 5.74) is 0. The number of rotatable bonds is 6. The maximum atomic E-state index is 11.8. The quantitative estimate of drug-likeness (QED) is 0.664. The number of carboxylic acids is 1. The monoisotopic (exact) mass is 350 g/mol. The van der Waals surface area contributed by atoms with Gasteiger partial charge >= 0.3 is 5.97 Å². The number of halogens is 1. The Bertz CT molecular complexity index is 570. The lowest BCUT2D eigenvalue weighted by Crippen LogP contribution is -2.38. The molecule has 0 bridgehead atoms. The third-order valence-corrected chi connectivity index (χ3v) is 3.93. The topological polar surface area (TPSA) is 113 Å². The number of hydrogen-bond donors (Lipinski definition) is 3. The highest BCUT2D eigenvalue weighted by Gasteiger charge is 2.15. The van der Waals surface area contributed by atoms with Crippen LogP contribution in [-0.4, -0.2) is 38.5 Å². The molecule has 1 rings (SSSR count). The molecule has 0 heterocycles. The second-order valence-electron chi connectivity index (χ2n) is 3.45. The fourth-order valence-corrected chi connectivity index (χ4v) is 2.34. The zero-order chi connectivity index (χ0) is 14.5. The fourth-order valence-electron chi connectivity index (χ4n) is 1.09. The van der Waals surface area contributed by atoms with Gasteiger partial charge in [-0.15, -0.1) is 0 Å². The lowest BCUT2D eigenvalue weighted by atomic mass is 10.4. The number of benzene rings is 1. The summed E-state index contributed by atoms with van der Waals surface area (Å²) in [6, 6.07) is 5.86. The predicted octanol–water partition coefficient (Wildman–Crippen LogP) is -0.0718. The van der Waals surface area contributed by atoms with Crippen LogP contribution in [0.3, 0.4) is 0 Å². The van der Waals surface area contributed by atoms with E-state index in [0.29, 0.717) is 0 Å². The van der Waals surface area contributed by atoms with Crippen molar-refractivity contribution in [3.8, 4) is 0 Å². The normalized spacial score (nSPS) is 11.0. The van der Waals surface area contributed by atoms with Gasteiger partial charge in [0.1, 0.15) is 6.54 Å². The van der Waals surface area contributed by atoms with Gasteiger partial charge in [0.15, 0.2) is 0 Å². The van der Waals surface area contributed by atoms with Crippen molar-refractivity contribution < 1.29 is 23.1 Å². The largest absolute Gasteiger partial charge is 0.480 e. The number of carbonyl (C=O) groups is 2. The number of amides is 1. The van der Waals surface area contributed by atoms with Gasteiger partial charge in [-0.3, -0.25) is 9.59 Å². The minimum absolute atomic E-state index is 0.0155. The van der Waals surface area contributed by atoms with Gasteiger partial charge in [0, 0.05) is 4.47 Å². The van der Waals surface area contributed by atoms with Gasteiger partial charge in [-0.1, -0.05) is 15.9 Å². The molecular formula is C10H11BrN2O5S. The van der Waals surface area contributed by atoms with Crippen molar-refractivity contribution in [1.82, 2.24) is 10.0 Å². The summed E-state index contributed by atoms with van der Waals surface area (Å²) in [5.74, 6) is -1.92. The molecule has 0 aromatic heterocycles. The summed E-state index contributed by atoms with van der Waals surface area (Å²) in [6.07, 6.45) is 0. The Morgan fingerprint density at radius 3 is 2.26 bits per heavy atom. The first kappa shape index (κ1) is 15.6. The van der Waals surface area contributed by atoms with Crippen LogP contribution in [0.25, 0.3) is 0 Å². The van der Waals surface area contributed by atoms with Gasteiger partial charge in [-0.25, -0.2) is 13.1 Å². The highest BCUT2D eigenvalue weighted by Crippen LogP contribution is 2.14. The third kappa shape index (κ3) is 5.37. The number of carbonyl (C=O) groups excluding carboxylic acids is 1. The maximum absolute atomic E-state index is 11.8. The lowest BCUT2D eigenvalue weighted by molar-refractivity contribution is -0.137. The second-order valence-corrected chi connectivity index (χ2v) is 6.13. The Morgan fingerprint density at radius 1 is 1.16 bits per heavy atom.